The minimum absolute atomic E-state index is 0.141. The topological polar surface area (TPSA) is 115 Å². The third-order valence-corrected chi connectivity index (χ3v) is 4.88. The molecule has 2 N–H and O–H groups in total. The molecule has 0 aliphatic heterocycles. The zero-order valence-corrected chi connectivity index (χ0v) is 18.5. The van der Waals surface area contributed by atoms with E-state index in [0.29, 0.717) is 28.4 Å². The van der Waals surface area contributed by atoms with Crippen molar-refractivity contribution < 1.29 is 14.3 Å². The SMILES string of the molecule is CNC(=O)c1cc(Oc2ccc(NC(=O)c3nn(-c4ccccc4)c(=O)cc3C)cc2)ccn1. The monoisotopic (exact) mass is 455 g/mol. The van der Waals surface area contributed by atoms with Crippen LogP contribution in [0.5, 0.6) is 11.5 Å². The largest absolute Gasteiger partial charge is 0.457 e. The quantitative estimate of drug-likeness (QED) is 0.461. The molecule has 0 saturated carbocycles. The maximum absolute atomic E-state index is 12.9. The predicted molar refractivity (Wildman–Crippen MR) is 127 cm³/mol. The smallest absolute Gasteiger partial charge is 0.276 e. The molecule has 2 aromatic carbocycles. The number of nitrogens with zero attached hydrogens (tertiary/aromatic N) is 3. The van der Waals surface area contributed by atoms with E-state index >= 15 is 0 Å². The molecule has 170 valence electrons. The molecule has 9 nitrogen and oxygen atoms in total. The second-order valence-electron chi connectivity index (χ2n) is 7.30. The highest BCUT2D eigenvalue weighted by Gasteiger charge is 2.15. The number of amides is 2. The van der Waals surface area contributed by atoms with Crippen LogP contribution in [0.15, 0.2) is 83.8 Å². The van der Waals surface area contributed by atoms with Gasteiger partial charge in [0.1, 0.15) is 17.2 Å². The van der Waals surface area contributed by atoms with Gasteiger partial charge in [0.25, 0.3) is 17.4 Å². The molecule has 0 unspecified atom stereocenters. The van der Waals surface area contributed by atoms with Gasteiger partial charge >= 0.3 is 0 Å². The average molecular weight is 455 g/mol. The number of para-hydroxylation sites is 1. The molecule has 2 heterocycles. The number of anilines is 1. The maximum Gasteiger partial charge on any atom is 0.276 e. The number of aromatic nitrogens is 3. The number of nitrogens with one attached hydrogen (secondary N) is 2. The van der Waals surface area contributed by atoms with Crippen LogP contribution in [0.2, 0.25) is 0 Å². The summed E-state index contributed by atoms with van der Waals surface area (Å²) in [5.74, 6) is 0.207. The van der Waals surface area contributed by atoms with Crippen molar-refractivity contribution in [1.82, 2.24) is 20.1 Å². The van der Waals surface area contributed by atoms with E-state index in [0.717, 1.165) is 0 Å². The molecule has 0 aliphatic carbocycles. The van der Waals surface area contributed by atoms with Crippen molar-refractivity contribution >= 4 is 17.5 Å². The lowest BCUT2D eigenvalue weighted by atomic mass is 10.2. The molecule has 2 aromatic heterocycles. The molecular formula is C25H21N5O4. The lowest BCUT2D eigenvalue weighted by Crippen LogP contribution is -2.26. The lowest BCUT2D eigenvalue weighted by Gasteiger charge is -2.11. The predicted octanol–water partition coefficient (Wildman–Crippen LogP) is 3.34. The third kappa shape index (κ3) is 4.99. The molecule has 9 heteroatoms. The van der Waals surface area contributed by atoms with Gasteiger partial charge in [-0.1, -0.05) is 18.2 Å². The number of aryl methyl sites for hydroxylation is 1. The Balaban J connectivity index is 1.49. The average Bonchev–Trinajstić information content (AvgIpc) is 2.85. The van der Waals surface area contributed by atoms with Gasteiger partial charge < -0.3 is 15.4 Å². The van der Waals surface area contributed by atoms with Gasteiger partial charge in [-0.25, -0.2) is 0 Å². The van der Waals surface area contributed by atoms with Crippen LogP contribution >= 0.6 is 0 Å². The Morgan fingerprint density at radius 1 is 0.912 bits per heavy atom. The molecule has 2 amide bonds. The Morgan fingerprint density at radius 2 is 1.65 bits per heavy atom. The van der Waals surface area contributed by atoms with Crippen LogP contribution < -0.4 is 20.9 Å². The zero-order valence-electron chi connectivity index (χ0n) is 18.5. The van der Waals surface area contributed by atoms with E-state index in [9.17, 15) is 14.4 Å². The van der Waals surface area contributed by atoms with Crippen molar-refractivity contribution in [3.8, 4) is 17.2 Å². The van der Waals surface area contributed by atoms with Crippen molar-refractivity contribution in [2.24, 2.45) is 0 Å². The summed E-state index contributed by atoms with van der Waals surface area (Å²) < 4.78 is 6.97. The normalized spacial score (nSPS) is 10.4. The first-order chi connectivity index (χ1) is 16.4. The first-order valence-electron chi connectivity index (χ1n) is 10.4. The Hall–Kier alpha value is -4.79. The first-order valence-corrected chi connectivity index (χ1v) is 10.4. The van der Waals surface area contributed by atoms with E-state index in [1.807, 2.05) is 6.07 Å². The fourth-order valence-electron chi connectivity index (χ4n) is 3.18. The number of ether oxygens (including phenoxy) is 1. The van der Waals surface area contributed by atoms with Gasteiger partial charge in [-0.05, 0) is 55.0 Å². The van der Waals surface area contributed by atoms with Crippen molar-refractivity contribution in [2.45, 2.75) is 6.92 Å². The van der Waals surface area contributed by atoms with Crippen molar-refractivity contribution in [1.29, 1.82) is 0 Å². The summed E-state index contributed by atoms with van der Waals surface area (Å²) in [6, 6.07) is 20.2. The molecular weight excluding hydrogens is 434 g/mol. The summed E-state index contributed by atoms with van der Waals surface area (Å²) in [4.78, 5) is 41.0. The van der Waals surface area contributed by atoms with E-state index in [1.165, 1.54) is 30.1 Å². The van der Waals surface area contributed by atoms with Gasteiger partial charge in [0.2, 0.25) is 0 Å². The van der Waals surface area contributed by atoms with E-state index in [1.54, 1.807) is 61.5 Å². The zero-order chi connectivity index (χ0) is 24.1. The molecule has 0 spiro atoms. The minimum atomic E-state index is -0.444. The Kier molecular flexibility index (Phi) is 6.45. The summed E-state index contributed by atoms with van der Waals surface area (Å²) in [6.07, 6.45) is 1.48. The highest BCUT2D eigenvalue weighted by atomic mass is 16.5. The van der Waals surface area contributed by atoms with E-state index in [2.05, 4.69) is 20.7 Å². The molecule has 34 heavy (non-hydrogen) atoms. The van der Waals surface area contributed by atoms with E-state index in [-0.39, 0.29) is 22.9 Å². The second kappa shape index (κ2) is 9.78. The summed E-state index contributed by atoms with van der Waals surface area (Å²) in [5.41, 5.74) is 1.62. The van der Waals surface area contributed by atoms with Crippen LogP contribution in [-0.2, 0) is 0 Å². The van der Waals surface area contributed by atoms with Gasteiger partial charge in [-0.2, -0.15) is 9.78 Å². The van der Waals surface area contributed by atoms with E-state index < -0.39 is 5.91 Å². The van der Waals surface area contributed by atoms with Crippen LogP contribution in [0.25, 0.3) is 5.69 Å². The van der Waals surface area contributed by atoms with Gasteiger partial charge in [0.05, 0.1) is 5.69 Å². The van der Waals surface area contributed by atoms with Gasteiger partial charge in [-0.3, -0.25) is 19.4 Å². The Morgan fingerprint density at radius 3 is 2.35 bits per heavy atom. The summed E-state index contributed by atoms with van der Waals surface area (Å²) in [7, 11) is 1.53. The minimum Gasteiger partial charge on any atom is -0.457 e. The fraction of sp³-hybridized carbons (Fsp3) is 0.0800. The molecule has 4 rings (SSSR count). The Labute approximate surface area is 195 Å². The Bertz CT molecular complexity index is 1400. The van der Waals surface area contributed by atoms with Crippen LogP contribution in [0.1, 0.15) is 26.5 Å². The lowest BCUT2D eigenvalue weighted by molar-refractivity contribution is 0.0956. The fourth-order valence-corrected chi connectivity index (χ4v) is 3.18. The van der Waals surface area contributed by atoms with Crippen molar-refractivity contribution in [3.05, 3.63) is 106 Å². The van der Waals surface area contributed by atoms with Crippen molar-refractivity contribution in [2.75, 3.05) is 12.4 Å². The summed E-state index contributed by atoms with van der Waals surface area (Å²) >= 11 is 0. The maximum atomic E-state index is 12.9. The third-order valence-electron chi connectivity index (χ3n) is 4.88. The molecule has 0 saturated heterocycles. The van der Waals surface area contributed by atoms with E-state index in [4.69, 9.17) is 4.74 Å². The second-order valence-corrected chi connectivity index (χ2v) is 7.30. The standard InChI is InChI=1S/C25H21N5O4/c1-16-14-22(31)30(18-6-4-3-5-7-18)29-23(16)25(33)28-17-8-10-19(11-9-17)34-20-12-13-27-21(15-20)24(32)26-2/h3-15H,1-2H3,(H,26,32)(H,28,33). The molecule has 0 atom stereocenters. The number of rotatable bonds is 6. The number of hydrogen-bond acceptors (Lipinski definition) is 6. The first kappa shape index (κ1) is 22.4. The highest BCUT2D eigenvalue weighted by Crippen LogP contribution is 2.23. The van der Waals surface area contributed by atoms with Crippen LogP contribution in [0.4, 0.5) is 5.69 Å². The van der Waals surface area contributed by atoms with Gasteiger partial charge in [-0.15, -0.1) is 0 Å². The summed E-state index contributed by atoms with van der Waals surface area (Å²) in [6.45, 7) is 1.66. The number of hydrogen-bond donors (Lipinski definition) is 2. The van der Waals surface area contributed by atoms with Crippen molar-refractivity contribution in [3.63, 3.8) is 0 Å². The highest BCUT2D eigenvalue weighted by molar-refractivity contribution is 6.03. The van der Waals surface area contributed by atoms with Gasteiger partial charge in [0.15, 0.2) is 5.69 Å². The van der Waals surface area contributed by atoms with Crippen LogP contribution in [0.3, 0.4) is 0 Å². The van der Waals surface area contributed by atoms with Crippen LogP contribution in [-0.4, -0.2) is 33.6 Å². The molecule has 4 aromatic rings. The number of carbonyl (C=O) groups excluding carboxylic acids is 2. The number of benzene rings is 2. The number of carbonyl (C=O) groups is 2. The van der Waals surface area contributed by atoms with Gasteiger partial charge in [0, 0.05) is 31.1 Å². The molecule has 0 aliphatic rings. The molecule has 0 radical (unpaired) electrons. The molecule has 0 fully saturated rings. The van der Waals surface area contributed by atoms with Crippen LogP contribution in [0, 0.1) is 6.92 Å². The number of pyridine rings is 1. The molecule has 0 bridgehead atoms. The summed E-state index contributed by atoms with van der Waals surface area (Å²) in [5, 5.41) is 9.56.